The van der Waals surface area contributed by atoms with Gasteiger partial charge >= 0.3 is 0 Å². The molecule has 0 heterocycles. The summed E-state index contributed by atoms with van der Waals surface area (Å²) in [7, 11) is 5.08. The van der Waals surface area contributed by atoms with Gasteiger partial charge in [-0.25, -0.2) is 0 Å². The molecule has 0 saturated heterocycles. The lowest BCUT2D eigenvalue weighted by Crippen LogP contribution is -2.42. The van der Waals surface area contributed by atoms with Crippen molar-refractivity contribution in [1.29, 1.82) is 0 Å². The number of rotatable bonds is 9. The zero-order valence-electron chi connectivity index (χ0n) is 16.5. The van der Waals surface area contributed by atoms with Gasteiger partial charge in [-0.3, -0.25) is 4.99 Å². The number of methoxy groups -OCH3 is 2. The molecular weight excluding hydrogens is 342 g/mol. The van der Waals surface area contributed by atoms with Gasteiger partial charge in [-0.1, -0.05) is 18.2 Å². The molecule has 27 heavy (non-hydrogen) atoms. The molecule has 0 aliphatic rings. The maximum atomic E-state index is 5.91. The van der Waals surface area contributed by atoms with E-state index >= 15 is 0 Å². The molecule has 2 N–H and O–H groups in total. The lowest BCUT2D eigenvalue weighted by atomic mass is 10.1. The van der Waals surface area contributed by atoms with Gasteiger partial charge in [-0.2, -0.15) is 0 Å². The van der Waals surface area contributed by atoms with Crippen LogP contribution in [0.25, 0.3) is 0 Å². The standard InChI is InChI=1S/C21H29N3O3/c1-16(27-20-10-6-9-19(14-20)26-4)15-24-21(22-2)23-12-11-17-7-5-8-18(13-17)25-3/h5-10,13-14,16H,11-12,15H2,1-4H3,(H2,22,23,24). The van der Waals surface area contributed by atoms with Crippen molar-refractivity contribution in [2.24, 2.45) is 4.99 Å². The topological polar surface area (TPSA) is 64.1 Å². The molecule has 1 atom stereocenters. The van der Waals surface area contributed by atoms with Gasteiger partial charge in [0.15, 0.2) is 5.96 Å². The van der Waals surface area contributed by atoms with Crippen molar-refractivity contribution in [3.63, 3.8) is 0 Å². The van der Waals surface area contributed by atoms with Gasteiger partial charge in [-0.15, -0.1) is 0 Å². The molecule has 2 aromatic carbocycles. The highest BCUT2D eigenvalue weighted by Gasteiger charge is 2.06. The van der Waals surface area contributed by atoms with Crippen molar-refractivity contribution in [3.05, 3.63) is 54.1 Å². The van der Waals surface area contributed by atoms with Crippen LogP contribution in [0.5, 0.6) is 17.2 Å². The Morgan fingerprint density at radius 3 is 2.33 bits per heavy atom. The van der Waals surface area contributed by atoms with Gasteiger partial charge in [0.2, 0.25) is 0 Å². The van der Waals surface area contributed by atoms with Gasteiger partial charge in [0.25, 0.3) is 0 Å². The quantitative estimate of drug-likeness (QED) is 0.524. The average Bonchev–Trinajstić information content (AvgIpc) is 2.70. The summed E-state index contributed by atoms with van der Waals surface area (Å²) in [6.45, 7) is 3.42. The Labute approximate surface area is 161 Å². The Morgan fingerprint density at radius 1 is 0.963 bits per heavy atom. The van der Waals surface area contributed by atoms with Crippen molar-refractivity contribution in [2.45, 2.75) is 19.4 Å². The monoisotopic (exact) mass is 371 g/mol. The van der Waals surface area contributed by atoms with Gasteiger partial charge < -0.3 is 24.8 Å². The molecule has 2 aromatic rings. The van der Waals surface area contributed by atoms with Crippen LogP contribution in [0.15, 0.2) is 53.5 Å². The van der Waals surface area contributed by atoms with Crippen molar-refractivity contribution in [3.8, 4) is 17.2 Å². The number of aliphatic imine (C=N–C) groups is 1. The van der Waals surface area contributed by atoms with Gasteiger partial charge in [0.05, 0.1) is 20.8 Å². The van der Waals surface area contributed by atoms with E-state index in [1.807, 2.05) is 49.4 Å². The molecule has 0 aliphatic carbocycles. The molecular formula is C21H29N3O3. The Balaban J connectivity index is 1.74. The van der Waals surface area contributed by atoms with Crippen LogP contribution in [-0.2, 0) is 6.42 Å². The lowest BCUT2D eigenvalue weighted by Gasteiger charge is -2.18. The third-order valence-electron chi connectivity index (χ3n) is 4.00. The summed E-state index contributed by atoms with van der Waals surface area (Å²) >= 11 is 0. The van der Waals surface area contributed by atoms with E-state index in [9.17, 15) is 0 Å². The summed E-state index contributed by atoms with van der Waals surface area (Å²) < 4.78 is 16.4. The molecule has 0 spiro atoms. The molecule has 2 rings (SSSR count). The summed E-state index contributed by atoms with van der Waals surface area (Å²) in [6, 6.07) is 15.7. The predicted molar refractivity (Wildman–Crippen MR) is 109 cm³/mol. The Kier molecular flexibility index (Phi) is 8.29. The minimum atomic E-state index is -0.0194. The Hall–Kier alpha value is -2.89. The normalized spacial score (nSPS) is 12.2. The van der Waals surface area contributed by atoms with E-state index in [1.165, 1.54) is 5.56 Å². The molecule has 146 valence electrons. The van der Waals surface area contributed by atoms with E-state index in [1.54, 1.807) is 21.3 Å². The first-order chi connectivity index (χ1) is 13.1. The highest BCUT2D eigenvalue weighted by molar-refractivity contribution is 5.79. The fourth-order valence-electron chi connectivity index (χ4n) is 2.56. The SMILES string of the molecule is CN=C(NCCc1cccc(OC)c1)NCC(C)Oc1cccc(OC)c1. The van der Waals surface area contributed by atoms with Gasteiger partial charge in [0.1, 0.15) is 23.4 Å². The van der Waals surface area contributed by atoms with Gasteiger partial charge in [-0.05, 0) is 43.2 Å². The number of benzene rings is 2. The fraction of sp³-hybridized carbons (Fsp3) is 0.381. The zero-order chi connectivity index (χ0) is 19.5. The first-order valence-corrected chi connectivity index (χ1v) is 9.02. The van der Waals surface area contributed by atoms with Crippen LogP contribution in [0, 0.1) is 0 Å². The molecule has 0 fully saturated rings. The minimum absolute atomic E-state index is 0.0194. The fourth-order valence-corrected chi connectivity index (χ4v) is 2.56. The van der Waals surface area contributed by atoms with Crippen molar-refractivity contribution >= 4 is 5.96 Å². The third-order valence-corrected chi connectivity index (χ3v) is 4.00. The highest BCUT2D eigenvalue weighted by atomic mass is 16.5. The maximum Gasteiger partial charge on any atom is 0.191 e. The third kappa shape index (κ3) is 7.09. The molecule has 0 saturated carbocycles. The largest absolute Gasteiger partial charge is 0.497 e. The van der Waals surface area contributed by atoms with Crippen LogP contribution in [0.4, 0.5) is 0 Å². The average molecular weight is 371 g/mol. The minimum Gasteiger partial charge on any atom is -0.497 e. The molecule has 6 nitrogen and oxygen atoms in total. The second-order valence-electron chi connectivity index (χ2n) is 6.09. The number of hydrogen-bond donors (Lipinski definition) is 2. The molecule has 0 aliphatic heterocycles. The highest BCUT2D eigenvalue weighted by Crippen LogP contribution is 2.19. The Bertz CT molecular complexity index is 734. The van der Waals surface area contributed by atoms with E-state index in [2.05, 4.69) is 21.7 Å². The second kappa shape index (κ2) is 11.0. The predicted octanol–water partition coefficient (Wildman–Crippen LogP) is 2.88. The van der Waals surface area contributed by atoms with Crippen molar-refractivity contribution in [2.75, 3.05) is 34.4 Å². The van der Waals surface area contributed by atoms with E-state index < -0.39 is 0 Å². The lowest BCUT2D eigenvalue weighted by molar-refractivity contribution is 0.223. The zero-order valence-corrected chi connectivity index (χ0v) is 16.5. The van der Waals surface area contributed by atoms with E-state index in [0.717, 1.165) is 36.2 Å². The van der Waals surface area contributed by atoms with Gasteiger partial charge in [0, 0.05) is 19.7 Å². The number of ether oxygens (including phenoxy) is 3. The number of nitrogens with one attached hydrogen (secondary N) is 2. The molecule has 1 unspecified atom stereocenters. The number of hydrogen-bond acceptors (Lipinski definition) is 4. The molecule has 0 aromatic heterocycles. The maximum absolute atomic E-state index is 5.91. The second-order valence-corrected chi connectivity index (χ2v) is 6.09. The van der Waals surface area contributed by atoms with Crippen LogP contribution in [-0.4, -0.2) is 46.4 Å². The molecule has 0 bridgehead atoms. The number of guanidine groups is 1. The summed E-state index contributed by atoms with van der Waals surface area (Å²) in [5.41, 5.74) is 1.21. The van der Waals surface area contributed by atoms with Crippen LogP contribution in [0.2, 0.25) is 0 Å². The summed E-state index contributed by atoms with van der Waals surface area (Å²) in [5.74, 6) is 3.19. The summed E-state index contributed by atoms with van der Waals surface area (Å²) in [4.78, 5) is 4.25. The van der Waals surface area contributed by atoms with E-state index in [-0.39, 0.29) is 6.10 Å². The van der Waals surface area contributed by atoms with Crippen LogP contribution >= 0.6 is 0 Å². The first kappa shape index (κ1) is 20.4. The van der Waals surface area contributed by atoms with Crippen LogP contribution in [0.3, 0.4) is 0 Å². The van der Waals surface area contributed by atoms with Crippen molar-refractivity contribution < 1.29 is 14.2 Å². The summed E-state index contributed by atoms with van der Waals surface area (Å²) in [5, 5.41) is 6.60. The van der Waals surface area contributed by atoms with E-state index in [4.69, 9.17) is 14.2 Å². The smallest absolute Gasteiger partial charge is 0.191 e. The number of nitrogens with zero attached hydrogens (tertiary/aromatic N) is 1. The molecule has 0 radical (unpaired) electrons. The van der Waals surface area contributed by atoms with E-state index in [0.29, 0.717) is 6.54 Å². The molecule has 6 heteroatoms. The first-order valence-electron chi connectivity index (χ1n) is 9.02. The Morgan fingerprint density at radius 2 is 1.63 bits per heavy atom. The molecule has 0 amide bonds. The van der Waals surface area contributed by atoms with Crippen molar-refractivity contribution in [1.82, 2.24) is 10.6 Å². The van der Waals surface area contributed by atoms with Crippen LogP contribution < -0.4 is 24.8 Å². The summed E-state index contributed by atoms with van der Waals surface area (Å²) in [6.07, 6.45) is 0.863. The van der Waals surface area contributed by atoms with Crippen LogP contribution in [0.1, 0.15) is 12.5 Å².